The Morgan fingerprint density at radius 1 is 1.00 bits per heavy atom. The van der Waals surface area contributed by atoms with Crippen LogP contribution in [0.4, 0.5) is 8.78 Å². The van der Waals surface area contributed by atoms with Gasteiger partial charge in [0.1, 0.15) is 0 Å². The lowest BCUT2D eigenvalue weighted by molar-refractivity contribution is 0.117. The van der Waals surface area contributed by atoms with Gasteiger partial charge < -0.3 is 5.73 Å². The Kier molecular flexibility index (Phi) is 2.88. The van der Waals surface area contributed by atoms with E-state index in [4.69, 9.17) is 5.73 Å². The van der Waals surface area contributed by atoms with E-state index in [0.29, 0.717) is 5.56 Å². The summed E-state index contributed by atoms with van der Waals surface area (Å²) in [4.78, 5) is 0. The first kappa shape index (κ1) is 11.0. The Balaban J connectivity index is 2.67. The molecule has 0 fully saturated rings. The largest absolute Gasteiger partial charge is 0.319 e. The minimum absolute atomic E-state index is 0.510. The number of benzene rings is 2. The number of hydrogen-bond donors (Lipinski definition) is 1. The molecular weight excluding hydrogens is 208 g/mol. The Bertz CT molecular complexity index is 508. The predicted molar refractivity (Wildman–Crippen MR) is 61.6 cm³/mol. The number of hydrogen-bond acceptors (Lipinski definition) is 1. The zero-order valence-corrected chi connectivity index (χ0v) is 8.95. The molecule has 0 aromatic heterocycles. The molecule has 0 spiro atoms. The van der Waals surface area contributed by atoms with Gasteiger partial charge in [-0.3, -0.25) is 0 Å². The minimum atomic E-state index is -2.54. The molecule has 0 heterocycles. The second kappa shape index (κ2) is 4.18. The SMILES string of the molecule is Cc1ccc(C(N)C(F)F)c2ccccc12. The van der Waals surface area contributed by atoms with Gasteiger partial charge in [0.25, 0.3) is 6.43 Å². The van der Waals surface area contributed by atoms with Crippen LogP contribution < -0.4 is 5.73 Å². The first-order valence-corrected chi connectivity index (χ1v) is 5.13. The smallest absolute Gasteiger partial charge is 0.257 e. The van der Waals surface area contributed by atoms with E-state index in [0.717, 1.165) is 16.3 Å². The van der Waals surface area contributed by atoms with Gasteiger partial charge in [-0.15, -0.1) is 0 Å². The molecule has 2 N–H and O–H groups in total. The summed E-state index contributed by atoms with van der Waals surface area (Å²) in [7, 11) is 0. The summed E-state index contributed by atoms with van der Waals surface area (Å²) in [6, 6.07) is 9.79. The highest BCUT2D eigenvalue weighted by atomic mass is 19.3. The van der Waals surface area contributed by atoms with Crippen molar-refractivity contribution in [3.05, 3.63) is 47.5 Å². The first-order valence-electron chi connectivity index (χ1n) is 5.13. The fourth-order valence-corrected chi connectivity index (χ4v) is 1.90. The highest BCUT2D eigenvalue weighted by molar-refractivity contribution is 5.88. The monoisotopic (exact) mass is 221 g/mol. The van der Waals surface area contributed by atoms with Crippen molar-refractivity contribution < 1.29 is 8.78 Å². The van der Waals surface area contributed by atoms with Gasteiger partial charge in [0.2, 0.25) is 0 Å². The average molecular weight is 221 g/mol. The molecule has 1 unspecified atom stereocenters. The van der Waals surface area contributed by atoms with Gasteiger partial charge in [0, 0.05) is 0 Å². The predicted octanol–water partition coefficient (Wildman–Crippen LogP) is 3.41. The highest BCUT2D eigenvalue weighted by Gasteiger charge is 2.19. The van der Waals surface area contributed by atoms with Gasteiger partial charge in [-0.25, -0.2) is 8.78 Å². The van der Waals surface area contributed by atoms with Gasteiger partial charge in [-0.1, -0.05) is 36.4 Å². The molecule has 2 rings (SSSR count). The topological polar surface area (TPSA) is 26.0 Å². The van der Waals surface area contributed by atoms with Crippen molar-refractivity contribution in [2.45, 2.75) is 19.4 Å². The van der Waals surface area contributed by atoms with Crippen molar-refractivity contribution in [3.8, 4) is 0 Å². The Morgan fingerprint density at radius 3 is 2.25 bits per heavy atom. The molecule has 0 saturated carbocycles. The molecule has 2 aromatic carbocycles. The first-order chi connectivity index (χ1) is 7.61. The van der Waals surface area contributed by atoms with Crippen LogP contribution in [0.25, 0.3) is 10.8 Å². The van der Waals surface area contributed by atoms with E-state index in [9.17, 15) is 8.78 Å². The fraction of sp³-hybridized carbons (Fsp3) is 0.231. The zero-order valence-electron chi connectivity index (χ0n) is 8.95. The maximum Gasteiger partial charge on any atom is 0.257 e. The maximum absolute atomic E-state index is 12.6. The third kappa shape index (κ3) is 1.78. The molecule has 2 aromatic rings. The molecule has 84 valence electrons. The molecule has 0 bridgehead atoms. The van der Waals surface area contributed by atoms with Crippen molar-refractivity contribution in [2.75, 3.05) is 0 Å². The van der Waals surface area contributed by atoms with Crippen molar-refractivity contribution in [2.24, 2.45) is 5.73 Å². The third-order valence-electron chi connectivity index (χ3n) is 2.81. The van der Waals surface area contributed by atoms with Crippen molar-refractivity contribution >= 4 is 10.8 Å². The molecule has 0 aliphatic rings. The van der Waals surface area contributed by atoms with Crippen LogP contribution >= 0.6 is 0 Å². The lowest BCUT2D eigenvalue weighted by Gasteiger charge is -2.14. The lowest BCUT2D eigenvalue weighted by atomic mass is 9.96. The van der Waals surface area contributed by atoms with Crippen molar-refractivity contribution in [1.82, 2.24) is 0 Å². The number of aryl methyl sites for hydroxylation is 1. The molecule has 3 heteroatoms. The second-order valence-corrected chi connectivity index (χ2v) is 3.88. The van der Waals surface area contributed by atoms with E-state index < -0.39 is 12.5 Å². The van der Waals surface area contributed by atoms with E-state index in [1.165, 1.54) is 0 Å². The zero-order chi connectivity index (χ0) is 11.7. The number of nitrogens with two attached hydrogens (primary N) is 1. The molecule has 0 radical (unpaired) electrons. The van der Waals surface area contributed by atoms with E-state index in [1.807, 2.05) is 37.3 Å². The summed E-state index contributed by atoms with van der Waals surface area (Å²) in [5.41, 5.74) is 7.08. The van der Waals surface area contributed by atoms with Crippen molar-refractivity contribution in [1.29, 1.82) is 0 Å². The number of fused-ring (bicyclic) bond motifs is 1. The second-order valence-electron chi connectivity index (χ2n) is 3.88. The molecule has 0 aliphatic carbocycles. The summed E-state index contributed by atoms with van der Waals surface area (Å²) in [6.07, 6.45) is -2.54. The molecule has 16 heavy (non-hydrogen) atoms. The third-order valence-corrected chi connectivity index (χ3v) is 2.81. The normalized spacial score (nSPS) is 13.3. The van der Waals surface area contributed by atoms with Crippen LogP contribution in [0.1, 0.15) is 17.2 Å². The van der Waals surface area contributed by atoms with Crippen LogP contribution in [0.3, 0.4) is 0 Å². The van der Waals surface area contributed by atoms with Gasteiger partial charge in [-0.2, -0.15) is 0 Å². The van der Waals surface area contributed by atoms with Gasteiger partial charge in [0.05, 0.1) is 6.04 Å². The van der Waals surface area contributed by atoms with Crippen LogP contribution in [0.15, 0.2) is 36.4 Å². The van der Waals surface area contributed by atoms with E-state index >= 15 is 0 Å². The van der Waals surface area contributed by atoms with E-state index in [-0.39, 0.29) is 0 Å². The molecule has 0 saturated heterocycles. The average Bonchev–Trinajstić information content (AvgIpc) is 2.29. The molecule has 0 amide bonds. The molecule has 1 nitrogen and oxygen atoms in total. The number of rotatable bonds is 2. The number of alkyl halides is 2. The molecule has 0 aliphatic heterocycles. The summed E-state index contributed by atoms with van der Waals surface area (Å²) in [5.74, 6) is 0. The Hall–Kier alpha value is -1.48. The van der Waals surface area contributed by atoms with Gasteiger partial charge >= 0.3 is 0 Å². The summed E-state index contributed by atoms with van der Waals surface area (Å²) >= 11 is 0. The number of halogens is 2. The quantitative estimate of drug-likeness (QED) is 0.826. The maximum atomic E-state index is 12.6. The molecule has 1 atom stereocenters. The van der Waals surface area contributed by atoms with Crippen LogP contribution in [0.2, 0.25) is 0 Å². The Morgan fingerprint density at radius 2 is 1.62 bits per heavy atom. The van der Waals surface area contributed by atoms with E-state index in [2.05, 4.69) is 0 Å². The minimum Gasteiger partial charge on any atom is -0.319 e. The summed E-state index contributed by atoms with van der Waals surface area (Å²) < 4.78 is 25.2. The van der Waals surface area contributed by atoms with Crippen LogP contribution in [0.5, 0.6) is 0 Å². The summed E-state index contributed by atoms with van der Waals surface area (Å²) in [5, 5.41) is 1.80. The van der Waals surface area contributed by atoms with Crippen LogP contribution in [-0.4, -0.2) is 6.43 Å². The fourth-order valence-electron chi connectivity index (χ4n) is 1.90. The standard InChI is InChI=1S/C13H13F2N/c1-8-6-7-11(12(16)13(14)15)10-5-3-2-4-9(8)10/h2-7,12-13H,16H2,1H3. The molecular formula is C13H13F2N. The van der Waals surface area contributed by atoms with Crippen molar-refractivity contribution in [3.63, 3.8) is 0 Å². The van der Waals surface area contributed by atoms with E-state index in [1.54, 1.807) is 6.07 Å². The van der Waals surface area contributed by atoms with Crippen LogP contribution in [-0.2, 0) is 0 Å². The Labute approximate surface area is 92.9 Å². The highest BCUT2D eigenvalue weighted by Crippen LogP contribution is 2.28. The van der Waals surface area contributed by atoms with Gasteiger partial charge in [-0.05, 0) is 28.8 Å². The van der Waals surface area contributed by atoms with Gasteiger partial charge in [0.15, 0.2) is 0 Å². The van der Waals surface area contributed by atoms with Crippen LogP contribution in [0, 0.1) is 6.92 Å². The lowest BCUT2D eigenvalue weighted by Crippen LogP contribution is -2.19. The summed E-state index contributed by atoms with van der Waals surface area (Å²) in [6.45, 7) is 1.96.